The predicted molar refractivity (Wildman–Crippen MR) is 82.8 cm³/mol. The topological polar surface area (TPSA) is 43.9 Å². The molecule has 120 valence electrons. The number of hydrogen-bond acceptors (Lipinski definition) is 3. The third kappa shape index (κ3) is 3.57. The van der Waals surface area contributed by atoms with Crippen LogP contribution >= 0.6 is 0 Å². The number of carbonyl (C=O) groups is 2. The summed E-state index contributed by atoms with van der Waals surface area (Å²) >= 11 is 0. The molecule has 5 heteroatoms. The molecule has 2 amide bonds. The van der Waals surface area contributed by atoms with Gasteiger partial charge in [0, 0.05) is 39.3 Å². The highest BCUT2D eigenvalue weighted by Crippen LogP contribution is 2.26. The molecule has 0 saturated carbocycles. The number of piperidine rings is 1. The first-order valence-corrected chi connectivity index (χ1v) is 8.09. The van der Waals surface area contributed by atoms with Gasteiger partial charge in [-0.2, -0.15) is 0 Å². The molecule has 21 heavy (non-hydrogen) atoms. The van der Waals surface area contributed by atoms with Gasteiger partial charge in [-0.25, -0.2) is 0 Å². The average Bonchev–Trinajstić information content (AvgIpc) is 2.47. The molecule has 0 spiro atoms. The van der Waals surface area contributed by atoms with Crippen molar-refractivity contribution in [1.82, 2.24) is 14.7 Å². The first-order valence-electron chi connectivity index (χ1n) is 8.09. The summed E-state index contributed by atoms with van der Waals surface area (Å²) in [7, 11) is 2.06. The van der Waals surface area contributed by atoms with Gasteiger partial charge in [0.1, 0.15) is 5.41 Å². The fraction of sp³-hybridized carbons (Fsp3) is 0.875. The summed E-state index contributed by atoms with van der Waals surface area (Å²) in [5.41, 5.74) is -0.934. The molecule has 0 aromatic rings. The molecule has 0 unspecified atom stereocenters. The Morgan fingerprint density at radius 2 is 1.29 bits per heavy atom. The van der Waals surface area contributed by atoms with Crippen molar-refractivity contribution in [2.24, 2.45) is 11.3 Å². The van der Waals surface area contributed by atoms with E-state index in [1.54, 1.807) is 13.8 Å². The van der Waals surface area contributed by atoms with E-state index in [1.807, 2.05) is 9.80 Å². The molecule has 2 aliphatic rings. The second-order valence-corrected chi connectivity index (χ2v) is 7.20. The normalized spacial score (nSPS) is 22.5. The van der Waals surface area contributed by atoms with Crippen molar-refractivity contribution in [1.29, 1.82) is 0 Å². The van der Waals surface area contributed by atoms with Crippen LogP contribution in [0.5, 0.6) is 0 Å². The van der Waals surface area contributed by atoms with E-state index in [2.05, 4.69) is 18.9 Å². The number of likely N-dealkylation sites (tertiary alicyclic amines) is 1. The minimum atomic E-state index is -0.934. The highest BCUT2D eigenvalue weighted by molar-refractivity contribution is 6.04. The number of nitrogens with zero attached hydrogens (tertiary/aromatic N) is 3. The summed E-state index contributed by atoms with van der Waals surface area (Å²) in [6.07, 6.45) is 2.09. The number of hydrogen-bond donors (Lipinski definition) is 0. The summed E-state index contributed by atoms with van der Waals surface area (Å²) in [6, 6.07) is 0. The van der Waals surface area contributed by atoms with Crippen LogP contribution in [0.3, 0.4) is 0 Å². The van der Waals surface area contributed by atoms with E-state index in [0.717, 1.165) is 52.1 Å². The lowest BCUT2D eigenvalue weighted by molar-refractivity contribution is -0.155. The first kappa shape index (κ1) is 16.3. The zero-order valence-electron chi connectivity index (χ0n) is 13.9. The molecule has 2 aliphatic heterocycles. The van der Waals surface area contributed by atoms with Crippen molar-refractivity contribution < 1.29 is 9.59 Å². The molecule has 2 heterocycles. The molecule has 0 aromatic carbocycles. The Bertz CT molecular complexity index is 356. The van der Waals surface area contributed by atoms with E-state index >= 15 is 0 Å². The van der Waals surface area contributed by atoms with E-state index < -0.39 is 5.41 Å². The first-order chi connectivity index (χ1) is 9.82. The van der Waals surface area contributed by atoms with Crippen LogP contribution in [-0.4, -0.2) is 72.8 Å². The predicted octanol–water partition coefficient (Wildman–Crippen LogP) is 1.05. The van der Waals surface area contributed by atoms with E-state index in [4.69, 9.17) is 0 Å². The highest BCUT2D eigenvalue weighted by Gasteiger charge is 2.42. The summed E-state index contributed by atoms with van der Waals surface area (Å²) < 4.78 is 0. The van der Waals surface area contributed by atoms with E-state index in [-0.39, 0.29) is 11.8 Å². The van der Waals surface area contributed by atoms with Crippen LogP contribution in [0.1, 0.15) is 33.6 Å². The summed E-state index contributed by atoms with van der Waals surface area (Å²) in [4.78, 5) is 31.4. The molecule has 0 bridgehead atoms. The molecule has 0 atom stereocenters. The van der Waals surface area contributed by atoms with Crippen molar-refractivity contribution in [2.75, 3.05) is 46.3 Å². The van der Waals surface area contributed by atoms with Crippen LogP contribution in [-0.2, 0) is 9.59 Å². The van der Waals surface area contributed by atoms with Crippen LogP contribution in [0.15, 0.2) is 0 Å². The van der Waals surface area contributed by atoms with Crippen LogP contribution in [0, 0.1) is 11.3 Å². The molecule has 2 rings (SSSR count). The van der Waals surface area contributed by atoms with Crippen molar-refractivity contribution >= 4 is 11.8 Å². The van der Waals surface area contributed by atoms with Gasteiger partial charge < -0.3 is 14.7 Å². The Labute approximate surface area is 128 Å². The maximum atomic E-state index is 12.7. The van der Waals surface area contributed by atoms with Crippen LogP contribution in [0.2, 0.25) is 0 Å². The summed E-state index contributed by atoms with van der Waals surface area (Å²) in [5, 5.41) is 0. The van der Waals surface area contributed by atoms with E-state index in [1.165, 1.54) is 0 Å². The van der Waals surface area contributed by atoms with Gasteiger partial charge in [-0.05, 0) is 39.7 Å². The van der Waals surface area contributed by atoms with E-state index in [9.17, 15) is 9.59 Å². The van der Waals surface area contributed by atoms with Crippen molar-refractivity contribution in [3.63, 3.8) is 0 Å². The van der Waals surface area contributed by atoms with Crippen molar-refractivity contribution in [3.05, 3.63) is 0 Å². The SMILES string of the molecule is CC1CCN(C(=O)C(C)(C)C(=O)N2CCN(C)CC2)CC1. The van der Waals surface area contributed by atoms with Gasteiger partial charge in [0.15, 0.2) is 0 Å². The zero-order chi connectivity index (χ0) is 15.6. The van der Waals surface area contributed by atoms with Crippen LogP contribution < -0.4 is 0 Å². The monoisotopic (exact) mass is 295 g/mol. The molecular weight excluding hydrogens is 266 g/mol. The average molecular weight is 295 g/mol. The second kappa shape index (κ2) is 6.34. The largest absolute Gasteiger partial charge is 0.342 e. The van der Waals surface area contributed by atoms with Gasteiger partial charge in [0.2, 0.25) is 11.8 Å². The Morgan fingerprint density at radius 1 is 0.857 bits per heavy atom. The molecule has 0 aliphatic carbocycles. The van der Waals surface area contributed by atoms with Gasteiger partial charge >= 0.3 is 0 Å². The molecule has 0 N–H and O–H groups in total. The summed E-state index contributed by atoms with van der Waals surface area (Å²) in [6.45, 7) is 10.6. The molecule has 5 nitrogen and oxygen atoms in total. The lowest BCUT2D eigenvalue weighted by Gasteiger charge is -2.40. The fourth-order valence-electron chi connectivity index (χ4n) is 3.10. The minimum absolute atomic E-state index is 0.00155. The maximum Gasteiger partial charge on any atom is 0.237 e. The Morgan fingerprint density at radius 3 is 1.76 bits per heavy atom. The number of piperazine rings is 1. The minimum Gasteiger partial charge on any atom is -0.342 e. The number of carbonyl (C=O) groups excluding carboxylic acids is 2. The van der Waals surface area contributed by atoms with Gasteiger partial charge in [-0.1, -0.05) is 6.92 Å². The molecular formula is C16H29N3O2. The molecule has 0 aromatic heterocycles. The van der Waals surface area contributed by atoms with Crippen LogP contribution in [0.25, 0.3) is 0 Å². The van der Waals surface area contributed by atoms with Crippen molar-refractivity contribution in [3.8, 4) is 0 Å². The van der Waals surface area contributed by atoms with Gasteiger partial charge in [-0.15, -0.1) is 0 Å². The molecule has 0 radical (unpaired) electrons. The second-order valence-electron chi connectivity index (χ2n) is 7.20. The quantitative estimate of drug-likeness (QED) is 0.715. The Balaban J connectivity index is 1.99. The highest BCUT2D eigenvalue weighted by atomic mass is 16.2. The standard InChI is InChI=1S/C16H29N3O2/c1-13-5-7-18(8-6-13)14(20)16(2,3)15(21)19-11-9-17(4)10-12-19/h13H,5-12H2,1-4H3. The van der Waals surface area contributed by atoms with E-state index in [0.29, 0.717) is 5.92 Å². The molecule has 2 saturated heterocycles. The zero-order valence-corrected chi connectivity index (χ0v) is 13.9. The fourth-order valence-corrected chi connectivity index (χ4v) is 3.10. The van der Waals surface area contributed by atoms with Crippen LogP contribution in [0.4, 0.5) is 0 Å². The van der Waals surface area contributed by atoms with Gasteiger partial charge in [0.05, 0.1) is 0 Å². The van der Waals surface area contributed by atoms with Gasteiger partial charge in [0.25, 0.3) is 0 Å². The number of likely N-dealkylation sites (N-methyl/N-ethyl adjacent to an activating group) is 1. The Hall–Kier alpha value is -1.10. The Kier molecular flexibility index (Phi) is 4.91. The lowest BCUT2D eigenvalue weighted by Crippen LogP contribution is -2.56. The smallest absolute Gasteiger partial charge is 0.237 e. The molecule has 2 fully saturated rings. The maximum absolute atomic E-state index is 12.7. The lowest BCUT2D eigenvalue weighted by atomic mass is 9.87. The third-order valence-electron chi connectivity index (χ3n) is 4.93. The number of amides is 2. The number of rotatable bonds is 2. The summed E-state index contributed by atoms with van der Waals surface area (Å²) in [5.74, 6) is 0.669. The third-order valence-corrected chi connectivity index (χ3v) is 4.93. The van der Waals surface area contributed by atoms with Gasteiger partial charge in [-0.3, -0.25) is 9.59 Å². The van der Waals surface area contributed by atoms with Crippen molar-refractivity contribution in [2.45, 2.75) is 33.6 Å².